The van der Waals surface area contributed by atoms with Gasteiger partial charge in [0.15, 0.2) is 0 Å². The summed E-state index contributed by atoms with van der Waals surface area (Å²) < 4.78 is 0. The summed E-state index contributed by atoms with van der Waals surface area (Å²) in [6.45, 7) is 4.34. The Morgan fingerprint density at radius 1 is 1.67 bits per heavy atom. The largest absolute Gasteiger partial charge is 0.362 e. The lowest BCUT2D eigenvalue weighted by atomic mass is 10.2. The zero-order valence-electron chi connectivity index (χ0n) is 4.15. The molecule has 0 aliphatic carbocycles. The second kappa shape index (κ2) is 1.00. The van der Waals surface area contributed by atoms with Gasteiger partial charge < -0.3 is 5.32 Å². The fourth-order valence-electron chi connectivity index (χ4n) is 0.375. The quantitative estimate of drug-likeness (QED) is 0.503. The normalized spacial score (nSPS) is 16.8. The molecule has 0 atom stereocenters. The van der Waals surface area contributed by atoms with Crippen LogP contribution in [0.1, 0.15) is 13.8 Å². The van der Waals surface area contributed by atoms with Crippen molar-refractivity contribution in [2.45, 2.75) is 13.8 Å². The van der Waals surface area contributed by atoms with E-state index < -0.39 is 0 Å². The van der Waals surface area contributed by atoms with Gasteiger partial charge in [0.05, 0.1) is 0 Å². The third-order valence-electron chi connectivity index (χ3n) is 0.933. The van der Waals surface area contributed by atoms with Gasteiger partial charge in [-0.2, -0.15) is 0 Å². The minimum atomic E-state index is 0.713. The molecule has 0 aromatic rings. The molecular weight excluding hydrogens is 74.1 g/mol. The average Bonchev–Trinajstić information content (AvgIpc) is 2.06. The maximum Gasteiger partial charge on any atom is 0.0335 e. The lowest BCUT2D eigenvalue weighted by Crippen LogP contribution is -1.87. The number of hydrogen-bond donors (Lipinski definition) is 1. The molecule has 0 aromatic carbocycles. The lowest BCUT2D eigenvalue weighted by Gasteiger charge is -1.89. The SMILES string of the molecule is CC(C)C1=CN1. The van der Waals surface area contributed by atoms with Gasteiger partial charge in [0.25, 0.3) is 0 Å². The van der Waals surface area contributed by atoms with Crippen LogP contribution in [0.3, 0.4) is 0 Å². The zero-order chi connectivity index (χ0) is 4.57. The van der Waals surface area contributed by atoms with Gasteiger partial charge in [-0.25, -0.2) is 0 Å². The zero-order valence-corrected chi connectivity index (χ0v) is 4.15. The smallest absolute Gasteiger partial charge is 0.0335 e. The van der Waals surface area contributed by atoms with Crippen LogP contribution in [-0.2, 0) is 0 Å². The van der Waals surface area contributed by atoms with Crippen LogP contribution in [0.25, 0.3) is 0 Å². The Morgan fingerprint density at radius 2 is 2.17 bits per heavy atom. The average molecular weight is 83.1 g/mol. The van der Waals surface area contributed by atoms with E-state index in [1.165, 1.54) is 5.70 Å². The van der Waals surface area contributed by atoms with Crippen molar-refractivity contribution in [2.24, 2.45) is 5.92 Å². The molecule has 0 spiro atoms. The maximum absolute atomic E-state index is 3.03. The molecule has 1 nitrogen and oxygen atoms in total. The van der Waals surface area contributed by atoms with Gasteiger partial charge in [-0.3, -0.25) is 0 Å². The van der Waals surface area contributed by atoms with E-state index in [2.05, 4.69) is 19.2 Å². The first kappa shape index (κ1) is 3.72. The Balaban J connectivity index is 2.31. The topological polar surface area (TPSA) is 21.9 Å². The predicted molar refractivity (Wildman–Crippen MR) is 26.1 cm³/mol. The van der Waals surface area contributed by atoms with Crippen LogP contribution in [0.15, 0.2) is 11.9 Å². The summed E-state index contributed by atoms with van der Waals surface area (Å²) in [6, 6.07) is 0. The van der Waals surface area contributed by atoms with E-state index in [-0.39, 0.29) is 0 Å². The van der Waals surface area contributed by atoms with E-state index in [0.717, 1.165) is 0 Å². The number of hydrogen-bond acceptors (Lipinski definition) is 1. The van der Waals surface area contributed by atoms with E-state index in [0.29, 0.717) is 5.92 Å². The molecule has 1 heterocycles. The van der Waals surface area contributed by atoms with Crippen molar-refractivity contribution in [3.63, 3.8) is 0 Å². The van der Waals surface area contributed by atoms with Gasteiger partial charge in [0.1, 0.15) is 0 Å². The summed E-state index contributed by atoms with van der Waals surface area (Å²) in [6.07, 6.45) is 2.03. The Labute approximate surface area is 38.1 Å². The maximum atomic E-state index is 3.03. The number of allylic oxidation sites excluding steroid dienone is 1. The van der Waals surface area contributed by atoms with Gasteiger partial charge in [0, 0.05) is 11.9 Å². The number of rotatable bonds is 1. The summed E-state index contributed by atoms with van der Waals surface area (Å²) in [5.41, 5.74) is 1.38. The minimum absolute atomic E-state index is 0.713. The van der Waals surface area contributed by atoms with Crippen LogP contribution in [0.4, 0.5) is 0 Å². The summed E-state index contributed by atoms with van der Waals surface area (Å²) in [5, 5.41) is 3.03. The first-order valence-electron chi connectivity index (χ1n) is 2.27. The molecule has 0 radical (unpaired) electrons. The predicted octanol–water partition coefficient (Wildman–Crippen LogP) is 1.09. The van der Waals surface area contributed by atoms with Gasteiger partial charge in [0.2, 0.25) is 0 Å². The van der Waals surface area contributed by atoms with E-state index in [1.54, 1.807) is 0 Å². The highest BCUT2D eigenvalue weighted by Crippen LogP contribution is 2.12. The molecule has 1 N–H and O–H groups in total. The van der Waals surface area contributed by atoms with E-state index >= 15 is 0 Å². The van der Waals surface area contributed by atoms with Crippen molar-refractivity contribution in [2.75, 3.05) is 0 Å². The van der Waals surface area contributed by atoms with Crippen LogP contribution < -0.4 is 5.32 Å². The molecule has 34 valence electrons. The molecule has 0 aromatic heterocycles. The summed E-state index contributed by atoms with van der Waals surface area (Å²) in [7, 11) is 0. The highest BCUT2D eigenvalue weighted by molar-refractivity contribution is 5.17. The van der Waals surface area contributed by atoms with E-state index in [1.807, 2.05) is 6.20 Å². The van der Waals surface area contributed by atoms with Crippen molar-refractivity contribution in [1.29, 1.82) is 0 Å². The van der Waals surface area contributed by atoms with Crippen molar-refractivity contribution in [3.8, 4) is 0 Å². The first-order valence-corrected chi connectivity index (χ1v) is 2.27. The van der Waals surface area contributed by atoms with E-state index in [9.17, 15) is 0 Å². The monoisotopic (exact) mass is 83.1 g/mol. The molecule has 0 amide bonds. The standard InChI is InChI=1S/C5H9N/c1-4(2)5-3-6-5/h3-4,6H,1-2H3. The molecule has 1 aliphatic rings. The Kier molecular flexibility index (Phi) is 0.621. The lowest BCUT2D eigenvalue weighted by molar-refractivity contribution is 0.779. The highest BCUT2D eigenvalue weighted by atomic mass is 15.0. The second-order valence-corrected chi connectivity index (χ2v) is 1.90. The fraction of sp³-hybridized carbons (Fsp3) is 0.600. The molecule has 0 unspecified atom stereocenters. The summed E-state index contributed by atoms with van der Waals surface area (Å²) in [4.78, 5) is 0. The Bertz CT molecular complexity index is 81.9. The molecule has 6 heavy (non-hydrogen) atoms. The van der Waals surface area contributed by atoms with Crippen molar-refractivity contribution >= 4 is 0 Å². The van der Waals surface area contributed by atoms with Crippen molar-refractivity contribution in [3.05, 3.63) is 11.9 Å². The van der Waals surface area contributed by atoms with Gasteiger partial charge in [-0.1, -0.05) is 13.8 Å². The number of nitrogens with one attached hydrogen (secondary N) is 1. The van der Waals surface area contributed by atoms with Crippen molar-refractivity contribution in [1.82, 2.24) is 5.32 Å². The molecule has 1 heteroatoms. The van der Waals surface area contributed by atoms with E-state index in [4.69, 9.17) is 0 Å². The molecule has 1 rings (SSSR count). The van der Waals surface area contributed by atoms with Crippen LogP contribution in [-0.4, -0.2) is 0 Å². The minimum Gasteiger partial charge on any atom is -0.362 e. The third-order valence-corrected chi connectivity index (χ3v) is 0.933. The van der Waals surface area contributed by atoms with Crippen LogP contribution in [0.2, 0.25) is 0 Å². The first-order chi connectivity index (χ1) is 2.80. The molecule has 1 aliphatic heterocycles. The van der Waals surface area contributed by atoms with Crippen LogP contribution >= 0.6 is 0 Å². The van der Waals surface area contributed by atoms with Crippen molar-refractivity contribution < 1.29 is 0 Å². The van der Waals surface area contributed by atoms with Gasteiger partial charge >= 0.3 is 0 Å². The Hall–Kier alpha value is -0.460. The Morgan fingerprint density at radius 3 is 2.17 bits per heavy atom. The molecule has 0 bridgehead atoms. The summed E-state index contributed by atoms with van der Waals surface area (Å²) >= 11 is 0. The van der Waals surface area contributed by atoms with Crippen LogP contribution in [0, 0.1) is 5.92 Å². The summed E-state index contributed by atoms with van der Waals surface area (Å²) in [5.74, 6) is 0.713. The molecule has 0 saturated heterocycles. The molecular formula is C5H9N. The fourth-order valence-corrected chi connectivity index (χ4v) is 0.375. The van der Waals surface area contributed by atoms with Crippen LogP contribution in [0.5, 0.6) is 0 Å². The second-order valence-electron chi connectivity index (χ2n) is 1.90. The molecule has 0 saturated carbocycles. The molecule has 0 fully saturated rings. The van der Waals surface area contributed by atoms with Gasteiger partial charge in [-0.15, -0.1) is 0 Å². The third kappa shape index (κ3) is 0.534. The highest BCUT2D eigenvalue weighted by Gasteiger charge is 2.08. The van der Waals surface area contributed by atoms with Gasteiger partial charge in [-0.05, 0) is 5.92 Å².